The molecule has 100 valence electrons. The second kappa shape index (κ2) is 6.71. The minimum Gasteiger partial charge on any atom is -0.476 e. The average molecular weight is 249 g/mol. The number of aryl methyl sites for hydroxylation is 1. The predicted octanol–water partition coefficient (Wildman–Crippen LogP) is 1.58. The first kappa shape index (κ1) is 13.3. The zero-order valence-electron chi connectivity index (χ0n) is 11.4. The van der Waals surface area contributed by atoms with Crippen molar-refractivity contribution in [3.8, 4) is 5.88 Å². The van der Waals surface area contributed by atoms with E-state index in [4.69, 9.17) is 4.74 Å². The van der Waals surface area contributed by atoms with Gasteiger partial charge in [-0.05, 0) is 45.5 Å². The molecule has 1 fully saturated rings. The van der Waals surface area contributed by atoms with Crippen molar-refractivity contribution in [3.63, 3.8) is 0 Å². The lowest BCUT2D eigenvalue weighted by Crippen LogP contribution is -2.25. The van der Waals surface area contributed by atoms with Crippen LogP contribution in [0.2, 0.25) is 0 Å². The van der Waals surface area contributed by atoms with Crippen molar-refractivity contribution < 1.29 is 4.74 Å². The van der Waals surface area contributed by atoms with Crippen LogP contribution in [-0.2, 0) is 6.54 Å². The van der Waals surface area contributed by atoms with E-state index < -0.39 is 0 Å². The summed E-state index contributed by atoms with van der Waals surface area (Å²) in [5.41, 5.74) is 2.27. The summed E-state index contributed by atoms with van der Waals surface area (Å²) in [6, 6.07) is 4.05. The molecule has 1 aromatic heterocycles. The number of aromatic nitrogens is 1. The molecule has 0 spiro atoms. The fourth-order valence-electron chi connectivity index (χ4n) is 2.31. The Balaban J connectivity index is 1.80. The van der Waals surface area contributed by atoms with Crippen LogP contribution in [0.4, 0.5) is 0 Å². The summed E-state index contributed by atoms with van der Waals surface area (Å²) in [5, 5.41) is 3.14. The van der Waals surface area contributed by atoms with E-state index in [2.05, 4.69) is 21.3 Å². The minimum atomic E-state index is 0.734. The SMILES string of the molecule is CNCc1ccc(OCCN2CCCC2)nc1C. The van der Waals surface area contributed by atoms with Crippen molar-refractivity contribution in [3.05, 3.63) is 23.4 Å². The zero-order chi connectivity index (χ0) is 12.8. The van der Waals surface area contributed by atoms with Gasteiger partial charge in [0.2, 0.25) is 5.88 Å². The molecule has 4 heteroatoms. The maximum atomic E-state index is 5.71. The topological polar surface area (TPSA) is 37.4 Å². The molecular formula is C14H23N3O. The van der Waals surface area contributed by atoms with Gasteiger partial charge in [-0.15, -0.1) is 0 Å². The van der Waals surface area contributed by atoms with Crippen molar-refractivity contribution in [2.45, 2.75) is 26.3 Å². The van der Waals surface area contributed by atoms with E-state index >= 15 is 0 Å². The summed E-state index contributed by atoms with van der Waals surface area (Å²) < 4.78 is 5.71. The molecule has 0 unspecified atom stereocenters. The van der Waals surface area contributed by atoms with E-state index in [1.165, 1.54) is 31.5 Å². The summed E-state index contributed by atoms with van der Waals surface area (Å²) in [7, 11) is 1.94. The first-order valence-corrected chi connectivity index (χ1v) is 6.76. The first-order chi connectivity index (χ1) is 8.79. The minimum absolute atomic E-state index is 0.734. The number of rotatable bonds is 6. The quantitative estimate of drug-likeness (QED) is 0.830. The molecule has 1 aliphatic rings. The third kappa shape index (κ3) is 3.68. The van der Waals surface area contributed by atoms with E-state index in [1.54, 1.807) is 0 Å². The summed E-state index contributed by atoms with van der Waals surface area (Å²) in [5.74, 6) is 0.742. The molecule has 0 aliphatic carbocycles. The van der Waals surface area contributed by atoms with E-state index in [0.29, 0.717) is 0 Å². The number of hydrogen-bond donors (Lipinski definition) is 1. The van der Waals surface area contributed by atoms with Gasteiger partial charge in [-0.25, -0.2) is 4.98 Å². The molecule has 0 amide bonds. The highest BCUT2D eigenvalue weighted by Crippen LogP contribution is 2.13. The smallest absolute Gasteiger partial charge is 0.213 e. The molecular weight excluding hydrogens is 226 g/mol. The van der Waals surface area contributed by atoms with Crippen LogP contribution in [-0.4, -0.2) is 43.2 Å². The summed E-state index contributed by atoms with van der Waals surface area (Å²) in [6.07, 6.45) is 2.66. The van der Waals surface area contributed by atoms with Gasteiger partial charge in [-0.1, -0.05) is 6.07 Å². The fraction of sp³-hybridized carbons (Fsp3) is 0.643. The van der Waals surface area contributed by atoms with E-state index in [-0.39, 0.29) is 0 Å². The Kier molecular flexibility index (Phi) is 4.96. The third-order valence-corrected chi connectivity index (χ3v) is 3.39. The largest absolute Gasteiger partial charge is 0.476 e. The van der Waals surface area contributed by atoms with E-state index in [1.807, 2.05) is 20.0 Å². The Morgan fingerprint density at radius 3 is 2.78 bits per heavy atom. The second-order valence-electron chi connectivity index (χ2n) is 4.82. The van der Waals surface area contributed by atoms with E-state index in [0.717, 1.165) is 31.3 Å². The number of nitrogens with zero attached hydrogens (tertiary/aromatic N) is 2. The molecule has 0 radical (unpaired) electrons. The zero-order valence-corrected chi connectivity index (χ0v) is 11.4. The standard InChI is InChI=1S/C14H23N3O/c1-12-13(11-15-2)5-6-14(16-12)18-10-9-17-7-3-4-8-17/h5-6,15H,3-4,7-11H2,1-2H3. The molecule has 0 atom stereocenters. The van der Waals surface area contributed by atoms with Crippen LogP contribution in [0, 0.1) is 6.92 Å². The molecule has 0 bridgehead atoms. The Bertz CT molecular complexity index is 375. The lowest BCUT2D eigenvalue weighted by atomic mass is 10.2. The van der Waals surface area contributed by atoms with E-state index in [9.17, 15) is 0 Å². The van der Waals surface area contributed by atoms with Crippen molar-refractivity contribution >= 4 is 0 Å². The highest BCUT2D eigenvalue weighted by molar-refractivity contribution is 5.24. The normalized spacial score (nSPS) is 16.1. The highest BCUT2D eigenvalue weighted by Gasteiger charge is 2.11. The van der Waals surface area contributed by atoms with Gasteiger partial charge in [0.25, 0.3) is 0 Å². The molecule has 0 saturated carbocycles. The monoisotopic (exact) mass is 249 g/mol. The molecule has 1 aromatic rings. The molecule has 2 rings (SSSR count). The van der Waals surface area contributed by atoms with Crippen LogP contribution in [0.5, 0.6) is 5.88 Å². The van der Waals surface area contributed by atoms with Gasteiger partial charge in [-0.2, -0.15) is 0 Å². The molecule has 1 saturated heterocycles. The number of likely N-dealkylation sites (tertiary alicyclic amines) is 1. The van der Waals surface area contributed by atoms with Gasteiger partial charge < -0.3 is 10.1 Å². The van der Waals surface area contributed by atoms with Gasteiger partial charge in [0, 0.05) is 24.8 Å². The summed E-state index contributed by atoms with van der Waals surface area (Å²) in [6.45, 7) is 7.07. The molecule has 18 heavy (non-hydrogen) atoms. The van der Waals surface area contributed by atoms with Crippen LogP contribution in [0.1, 0.15) is 24.1 Å². The summed E-state index contributed by atoms with van der Waals surface area (Å²) >= 11 is 0. The lowest BCUT2D eigenvalue weighted by Gasteiger charge is -2.15. The van der Waals surface area contributed by atoms with Gasteiger partial charge in [0.1, 0.15) is 6.61 Å². The Morgan fingerprint density at radius 1 is 1.33 bits per heavy atom. The summed E-state index contributed by atoms with van der Waals surface area (Å²) in [4.78, 5) is 6.92. The first-order valence-electron chi connectivity index (χ1n) is 6.76. The Hall–Kier alpha value is -1.13. The van der Waals surface area contributed by atoms with Crippen molar-refractivity contribution in [1.82, 2.24) is 15.2 Å². The van der Waals surface area contributed by atoms with Crippen LogP contribution in [0.3, 0.4) is 0 Å². The number of nitrogens with one attached hydrogen (secondary N) is 1. The van der Waals surface area contributed by atoms with Crippen molar-refractivity contribution in [2.75, 3.05) is 33.3 Å². The van der Waals surface area contributed by atoms with Crippen LogP contribution >= 0.6 is 0 Å². The molecule has 2 heterocycles. The third-order valence-electron chi connectivity index (χ3n) is 3.39. The molecule has 0 aromatic carbocycles. The fourth-order valence-corrected chi connectivity index (χ4v) is 2.31. The Morgan fingerprint density at radius 2 is 2.11 bits per heavy atom. The number of pyridine rings is 1. The van der Waals surface area contributed by atoms with Gasteiger partial charge in [0.15, 0.2) is 0 Å². The van der Waals surface area contributed by atoms with Crippen molar-refractivity contribution in [1.29, 1.82) is 0 Å². The Labute approximate surface area is 109 Å². The molecule has 4 nitrogen and oxygen atoms in total. The highest BCUT2D eigenvalue weighted by atomic mass is 16.5. The van der Waals surface area contributed by atoms with Crippen molar-refractivity contribution in [2.24, 2.45) is 0 Å². The predicted molar refractivity (Wildman–Crippen MR) is 72.9 cm³/mol. The number of hydrogen-bond acceptors (Lipinski definition) is 4. The lowest BCUT2D eigenvalue weighted by molar-refractivity contribution is 0.231. The molecule has 1 N–H and O–H groups in total. The van der Waals surface area contributed by atoms with Gasteiger partial charge in [0.05, 0.1) is 0 Å². The average Bonchev–Trinajstić information content (AvgIpc) is 2.86. The van der Waals surface area contributed by atoms with Crippen LogP contribution < -0.4 is 10.1 Å². The van der Waals surface area contributed by atoms with Gasteiger partial charge in [-0.3, -0.25) is 4.90 Å². The maximum absolute atomic E-state index is 5.71. The van der Waals surface area contributed by atoms with Gasteiger partial charge >= 0.3 is 0 Å². The maximum Gasteiger partial charge on any atom is 0.213 e. The molecule has 1 aliphatic heterocycles. The van der Waals surface area contributed by atoms with Crippen LogP contribution in [0.25, 0.3) is 0 Å². The van der Waals surface area contributed by atoms with Crippen LogP contribution in [0.15, 0.2) is 12.1 Å². The second-order valence-corrected chi connectivity index (χ2v) is 4.82. The number of ether oxygens (including phenoxy) is 1.